The van der Waals surface area contributed by atoms with Crippen LogP contribution in [0.1, 0.15) is 24.1 Å². The Hall–Kier alpha value is -1.73. The van der Waals surface area contributed by atoms with E-state index in [1.807, 2.05) is 36.4 Å². The summed E-state index contributed by atoms with van der Waals surface area (Å²) < 4.78 is 0. The Kier molecular flexibility index (Phi) is 5.30. The van der Waals surface area contributed by atoms with E-state index < -0.39 is 0 Å². The highest BCUT2D eigenvalue weighted by Gasteiger charge is 2.23. The number of piperazine rings is 1. The molecule has 0 amide bonds. The van der Waals surface area contributed by atoms with Crippen molar-refractivity contribution in [2.75, 3.05) is 31.1 Å². The second-order valence-electron chi connectivity index (χ2n) is 6.03. The first-order valence-corrected chi connectivity index (χ1v) is 8.78. The van der Waals surface area contributed by atoms with Crippen molar-refractivity contribution in [1.82, 2.24) is 4.90 Å². The second-order valence-corrected chi connectivity index (χ2v) is 6.87. The van der Waals surface area contributed by atoms with Crippen molar-refractivity contribution in [2.45, 2.75) is 13.0 Å². The molecule has 1 aliphatic heterocycles. The van der Waals surface area contributed by atoms with Crippen molar-refractivity contribution in [2.24, 2.45) is 0 Å². The van der Waals surface area contributed by atoms with Gasteiger partial charge in [-0.1, -0.05) is 35.3 Å². The molecule has 0 aromatic heterocycles. The number of hydrogen-bond acceptors (Lipinski definition) is 3. The normalized spacial score (nSPS) is 16.7. The first-order valence-electron chi connectivity index (χ1n) is 8.02. The molecule has 0 bridgehead atoms. The Morgan fingerprint density at radius 1 is 1.00 bits per heavy atom. The van der Waals surface area contributed by atoms with Gasteiger partial charge in [0.15, 0.2) is 0 Å². The van der Waals surface area contributed by atoms with Crippen molar-refractivity contribution >= 4 is 28.9 Å². The number of halogens is 2. The van der Waals surface area contributed by atoms with Crippen LogP contribution in [0, 0.1) is 11.3 Å². The highest BCUT2D eigenvalue weighted by atomic mass is 35.5. The monoisotopic (exact) mass is 359 g/mol. The molecule has 3 rings (SSSR count). The summed E-state index contributed by atoms with van der Waals surface area (Å²) in [7, 11) is 0. The summed E-state index contributed by atoms with van der Waals surface area (Å²) in [5, 5.41) is 10.3. The van der Waals surface area contributed by atoms with E-state index in [0.717, 1.165) is 31.9 Å². The van der Waals surface area contributed by atoms with Gasteiger partial charge in [0.1, 0.15) is 0 Å². The molecule has 0 N–H and O–H groups in total. The minimum atomic E-state index is 0.334. The molecule has 1 aliphatic rings. The summed E-state index contributed by atoms with van der Waals surface area (Å²) in [6.07, 6.45) is 0. The summed E-state index contributed by atoms with van der Waals surface area (Å²) in [6.45, 7) is 6.02. The Morgan fingerprint density at radius 2 is 1.67 bits per heavy atom. The van der Waals surface area contributed by atoms with Crippen LogP contribution in [0.3, 0.4) is 0 Å². The third-order valence-corrected chi connectivity index (χ3v) is 5.17. The lowest BCUT2D eigenvalue weighted by molar-refractivity contribution is 0.198. The summed E-state index contributed by atoms with van der Waals surface area (Å²) in [4.78, 5) is 4.77. The maximum atomic E-state index is 8.91. The van der Waals surface area contributed by atoms with Crippen molar-refractivity contribution in [1.29, 1.82) is 5.26 Å². The first-order chi connectivity index (χ1) is 11.6. The van der Waals surface area contributed by atoms with Gasteiger partial charge < -0.3 is 4.90 Å². The average molecular weight is 360 g/mol. The van der Waals surface area contributed by atoms with Gasteiger partial charge >= 0.3 is 0 Å². The van der Waals surface area contributed by atoms with E-state index in [-0.39, 0.29) is 0 Å². The maximum Gasteiger partial charge on any atom is 0.0991 e. The van der Waals surface area contributed by atoms with Gasteiger partial charge in [-0.05, 0) is 42.8 Å². The predicted molar refractivity (Wildman–Crippen MR) is 99.8 cm³/mol. The molecule has 1 fully saturated rings. The molecule has 0 spiro atoms. The third kappa shape index (κ3) is 3.67. The van der Waals surface area contributed by atoms with Crippen LogP contribution in [0.15, 0.2) is 42.5 Å². The van der Waals surface area contributed by atoms with E-state index in [9.17, 15) is 0 Å². The lowest BCUT2D eigenvalue weighted by atomic mass is 10.0. The molecule has 0 saturated carbocycles. The zero-order valence-corrected chi connectivity index (χ0v) is 15.1. The minimum Gasteiger partial charge on any atom is -0.368 e. The van der Waals surface area contributed by atoms with Gasteiger partial charge in [0.25, 0.3) is 0 Å². The maximum absolute atomic E-state index is 8.91. The van der Waals surface area contributed by atoms with Gasteiger partial charge in [-0.25, -0.2) is 0 Å². The van der Waals surface area contributed by atoms with Gasteiger partial charge in [-0.2, -0.15) is 5.26 Å². The molecule has 2 aromatic rings. The summed E-state index contributed by atoms with van der Waals surface area (Å²) in [6, 6.07) is 16.0. The van der Waals surface area contributed by atoms with Gasteiger partial charge in [0.05, 0.1) is 22.3 Å². The number of anilines is 1. The molecule has 2 aromatic carbocycles. The van der Waals surface area contributed by atoms with Gasteiger partial charge in [-0.3, -0.25) is 4.90 Å². The molecule has 1 atom stereocenters. The van der Waals surface area contributed by atoms with E-state index in [1.165, 1.54) is 5.56 Å². The third-order valence-electron chi connectivity index (χ3n) is 4.63. The first kappa shape index (κ1) is 17.1. The van der Waals surface area contributed by atoms with Crippen LogP contribution >= 0.6 is 23.2 Å². The number of rotatable bonds is 3. The standard InChI is InChI=1S/C19H19Cl2N3/c1-14(16-4-2-15(13-22)3-5-16)23-8-10-24(11-9-23)19-7-6-17(20)12-18(19)21/h2-7,12,14H,8-11H2,1H3. The molecule has 0 radical (unpaired) electrons. The molecule has 1 heterocycles. The molecule has 124 valence electrons. The van der Waals surface area contributed by atoms with E-state index in [2.05, 4.69) is 22.8 Å². The molecular formula is C19H19Cl2N3. The van der Waals surface area contributed by atoms with Crippen LogP contribution in [0.25, 0.3) is 0 Å². The van der Waals surface area contributed by atoms with E-state index in [0.29, 0.717) is 21.7 Å². The predicted octanol–water partition coefficient (Wildman–Crippen LogP) is 4.75. The van der Waals surface area contributed by atoms with Crippen LogP contribution < -0.4 is 4.90 Å². The summed E-state index contributed by atoms with van der Waals surface area (Å²) in [5.41, 5.74) is 2.99. The minimum absolute atomic E-state index is 0.334. The Bertz CT molecular complexity index is 744. The SMILES string of the molecule is CC(c1ccc(C#N)cc1)N1CCN(c2ccc(Cl)cc2Cl)CC1. The molecule has 1 saturated heterocycles. The lowest BCUT2D eigenvalue weighted by Crippen LogP contribution is -2.47. The van der Waals surface area contributed by atoms with E-state index in [1.54, 1.807) is 6.07 Å². The molecule has 0 aliphatic carbocycles. The molecule has 1 unspecified atom stereocenters. The Morgan fingerprint density at radius 3 is 2.25 bits per heavy atom. The zero-order valence-electron chi connectivity index (χ0n) is 13.5. The van der Waals surface area contributed by atoms with Gasteiger partial charge in [0, 0.05) is 37.2 Å². The highest BCUT2D eigenvalue weighted by Crippen LogP contribution is 2.30. The summed E-state index contributed by atoms with van der Waals surface area (Å²) in [5.74, 6) is 0. The van der Waals surface area contributed by atoms with Crippen molar-refractivity contribution in [3.8, 4) is 6.07 Å². The average Bonchev–Trinajstić information content (AvgIpc) is 2.61. The fourth-order valence-electron chi connectivity index (χ4n) is 3.13. The fourth-order valence-corrected chi connectivity index (χ4v) is 3.66. The fraction of sp³-hybridized carbons (Fsp3) is 0.316. The van der Waals surface area contributed by atoms with E-state index in [4.69, 9.17) is 28.5 Å². The van der Waals surface area contributed by atoms with Crippen LogP contribution in [0.5, 0.6) is 0 Å². The lowest BCUT2D eigenvalue weighted by Gasteiger charge is -2.39. The van der Waals surface area contributed by atoms with Crippen molar-refractivity contribution < 1.29 is 0 Å². The zero-order chi connectivity index (χ0) is 17.1. The quantitative estimate of drug-likeness (QED) is 0.791. The van der Waals surface area contributed by atoms with Gasteiger partial charge in [0.2, 0.25) is 0 Å². The largest absolute Gasteiger partial charge is 0.368 e. The number of nitrogens with zero attached hydrogens (tertiary/aromatic N) is 3. The number of nitriles is 1. The van der Waals surface area contributed by atoms with Crippen LogP contribution in [-0.4, -0.2) is 31.1 Å². The van der Waals surface area contributed by atoms with Crippen LogP contribution in [0.2, 0.25) is 10.0 Å². The molecule has 24 heavy (non-hydrogen) atoms. The second kappa shape index (κ2) is 7.44. The number of hydrogen-bond donors (Lipinski definition) is 0. The Labute approximate surface area is 153 Å². The summed E-state index contributed by atoms with van der Waals surface area (Å²) >= 11 is 12.3. The van der Waals surface area contributed by atoms with Gasteiger partial charge in [-0.15, -0.1) is 0 Å². The topological polar surface area (TPSA) is 30.3 Å². The highest BCUT2D eigenvalue weighted by molar-refractivity contribution is 6.36. The smallest absolute Gasteiger partial charge is 0.0991 e. The molecular weight excluding hydrogens is 341 g/mol. The van der Waals surface area contributed by atoms with Crippen molar-refractivity contribution in [3.05, 3.63) is 63.6 Å². The van der Waals surface area contributed by atoms with Crippen LogP contribution in [-0.2, 0) is 0 Å². The molecule has 3 nitrogen and oxygen atoms in total. The van der Waals surface area contributed by atoms with Crippen molar-refractivity contribution in [3.63, 3.8) is 0 Å². The van der Waals surface area contributed by atoms with E-state index >= 15 is 0 Å². The Balaban J connectivity index is 1.64. The van der Waals surface area contributed by atoms with Crippen LogP contribution in [0.4, 0.5) is 5.69 Å². The molecule has 5 heteroatoms. The number of benzene rings is 2.